The first kappa shape index (κ1) is 12.7. The van der Waals surface area contributed by atoms with Crippen LogP contribution in [0, 0.1) is 0 Å². The number of hydrogen-bond donors (Lipinski definition) is 2. The molecule has 0 saturated carbocycles. The van der Waals surface area contributed by atoms with Crippen molar-refractivity contribution >= 4 is 27.7 Å². The molecule has 0 spiro atoms. The first-order valence-electron chi connectivity index (χ1n) is 4.88. The van der Waals surface area contributed by atoms with Crippen molar-refractivity contribution in [3.8, 4) is 0 Å². The molecule has 0 unspecified atom stereocenters. The van der Waals surface area contributed by atoms with Gasteiger partial charge < -0.3 is 10.6 Å². The molecule has 0 fully saturated rings. The number of nitrogens with one attached hydrogen (secondary N) is 2. The minimum absolute atomic E-state index is 0.0869. The van der Waals surface area contributed by atoms with Crippen molar-refractivity contribution < 1.29 is 9.59 Å². The lowest BCUT2D eigenvalue weighted by molar-refractivity contribution is -0.120. The van der Waals surface area contributed by atoms with Gasteiger partial charge in [0.15, 0.2) is 0 Å². The number of carbonyl (C=O) groups is 2. The molecule has 0 aliphatic heterocycles. The van der Waals surface area contributed by atoms with Gasteiger partial charge in [0.1, 0.15) is 0 Å². The van der Waals surface area contributed by atoms with E-state index >= 15 is 0 Å². The van der Waals surface area contributed by atoms with Gasteiger partial charge in [0, 0.05) is 30.0 Å². The molecule has 0 aliphatic carbocycles. The topological polar surface area (TPSA) is 58.2 Å². The van der Waals surface area contributed by atoms with Crippen molar-refractivity contribution in [1.82, 2.24) is 10.6 Å². The Morgan fingerprint density at radius 1 is 1.25 bits per heavy atom. The Kier molecular flexibility index (Phi) is 4.98. The number of carbonyl (C=O) groups excluding carboxylic acids is 2. The van der Waals surface area contributed by atoms with Gasteiger partial charge in [0.2, 0.25) is 5.91 Å². The number of amides is 2. The highest BCUT2D eigenvalue weighted by Gasteiger charge is 2.05. The summed E-state index contributed by atoms with van der Waals surface area (Å²) in [5, 5.41) is 5.16. The second kappa shape index (κ2) is 6.27. The Labute approximate surface area is 103 Å². The lowest BCUT2D eigenvalue weighted by atomic mass is 10.2. The number of halogens is 1. The SMILES string of the molecule is CNC(=O)CCNC(=O)c1ccc(Br)cc1. The molecule has 0 aliphatic rings. The maximum absolute atomic E-state index is 11.6. The third kappa shape index (κ3) is 4.02. The van der Waals surface area contributed by atoms with Crippen molar-refractivity contribution in [3.05, 3.63) is 34.3 Å². The van der Waals surface area contributed by atoms with Crippen LogP contribution in [0.5, 0.6) is 0 Å². The molecule has 0 saturated heterocycles. The number of hydrogen-bond acceptors (Lipinski definition) is 2. The largest absolute Gasteiger partial charge is 0.359 e. The fourth-order valence-corrected chi connectivity index (χ4v) is 1.38. The van der Waals surface area contributed by atoms with E-state index in [0.717, 1.165) is 4.47 Å². The van der Waals surface area contributed by atoms with E-state index in [1.807, 2.05) is 0 Å². The van der Waals surface area contributed by atoms with Crippen LogP contribution >= 0.6 is 15.9 Å². The second-order valence-corrected chi connectivity index (χ2v) is 4.10. The van der Waals surface area contributed by atoms with E-state index in [4.69, 9.17) is 0 Å². The summed E-state index contributed by atoms with van der Waals surface area (Å²) in [7, 11) is 1.57. The summed E-state index contributed by atoms with van der Waals surface area (Å²) in [4.78, 5) is 22.5. The van der Waals surface area contributed by atoms with Crippen LogP contribution in [-0.4, -0.2) is 25.4 Å². The predicted molar refractivity (Wildman–Crippen MR) is 65.2 cm³/mol. The zero-order valence-electron chi connectivity index (χ0n) is 8.92. The first-order valence-corrected chi connectivity index (χ1v) is 5.67. The minimum Gasteiger partial charge on any atom is -0.359 e. The highest BCUT2D eigenvalue weighted by molar-refractivity contribution is 9.10. The zero-order chi connectivity index (χ0) is 12.0. The van der Waals surface area contributed by atoms with Gasteiger partial charge in [-0.15, -0.1) is 0 Å². The number of benzene rings is 1. The molecule has 0 atom stereocenters. The van der Waals surface area contributed by atoms with Crippen molar-refractivity contribution in [3.63, 3.8) is 0 Å². The van der Waals surface area contributed by atoms with Gasteiger partial charge in [-0.25, -0.2) is 0 Å². The molecule has 2 amide bonds. The van der Waals surface area contributed by atoms with Gasteiger partial charge in [-0.2, -0.15) is 0 Å². The summed E-state index contributed by atoms with van der Waals surface area (Å²) in [6.07, 6.45) is 0.290. The van der Waals surface area contributed by atoms with Crippen LogP contribution < -0.4 is 10.6 Å². The Bertz CT molecular complexity index is 376. The summed E-state index contributed by atoms with van der Waals surface area (Å²) in [5.41, 5.74) is 0.583. The highest BCUT2D eigenvalue weighted by atomic mass is 79.9. The molecule has 1 aromatic rings. The van der Waals surface area contributed by atoms with Crippen molar-refractivity contribution in [2.45, 2.75) is 6.42 Å². The van der Waals surface area contributed by atoms with E-state index in [-0.39, 0.29) is 11.8 Å². The Morgan fingerprint density at radius 2 is 1.88 bits per heavy atom. The molecular formula is C11H13BrN2O2. The maximum atomic E-state index is 11.6. The Balaban J connectivity index is 2.41. The third-order valence-corrected chi connectivity index (χ3v) is 2.55. The summed E-state index contributed by atoms with van der Waals surface area (Å²) >= 11 is 3.29. The Morgan fingerprint density at radius 3 is 2.44 bits per heavy atom. The van der Waals surface area contributed by atoms with Crippen LogP contribution in [0.4, 0.5) is 0 Å². The van der Waals surface area contributed by atoms with Crippen LogP contribution in [0.15, 0.2) is 28.7 Å². The molecule has 0 radical (unpaired) electrons. The van der Waals surface area contributed by atoms with Gasteiger partial charge in [-0.3, -0.25) is 9.59 Å². The molecule has 1 rings (SSSR count). The lowest BCUT2D eigenvalue weighted by Crippen LogP contribution is -2.29. The Hall–Kier alpha value is -1.36. The fraction of sp³-hybridized carbons (Fsp3) is 0.273. The maximum Gasteiger partial charge on any atom is 0.251 e. The standard InChI is InChI=1S/C11H13BrN2O2/c1-13-10(15)6-7-14-11(16)8-2-4-9(12)5-3-8/h2-5H,6-7H2,1H3,(H,13,15)(H,14,16). The van der Waals surface area contributed by atoms with E-state index in [2.05, 4.69) is 26.6 Å². The molecule has 16 heavy (non-hydrogen) atoms. The monoisotopic (exact) mass is 284 g/mol. The quantitative estimate of drug-likeness (QED) is 0.876. The fourth-order valence-electron chi connectivity index (χ4n) is 1.12. The zero-order valence-corrected chi connectivity index (χ0v) is 10.5. The molecule has 1 aromatic carbocycles. The average molecular weight is 285 g/mol. The summed E-state index contributed by atoms with van der Waals surface area (Å²) in [6.45, 7) is 0.342. The molecule has 2 N–H and O–H groups in total. The van der Waals surface area contributed by atoms with Crippen LogP contribution in [-0.2, 0) is 4.79 Å². The average Bonchev–Trinajstić information content (AvgIpc) is 2.29. The van der Waals surface area contributed by atoms with E-state index in [1.54, 1.807) is 31.3 Å². The molecule has 0 aromatic heterocycles. The third-order valence-electron chi connectivity index (χ3n) is 2.02. The van der Waals surface area contributed by atoms with Gasteiger partial charge in [-0.05, 0) is 24.3 Å². The highest BCUT2D eigenvalue weighted by Crippen LogP contribution is 2.10. The van der Waals surface area contributed by atoms with Crippen LogP contribution in [0.2, 0.25) is 0 Å². The second-order valence-electron chi connectivity index (χ2n) is 3.19. The van der Waals surface area contributed by atoms with Gasteiger partial charge in [-0.1, -0.05) is 15.9 Å². The lowest BCUT2D eigenvalue weighted by Gasteiger charge is -2.04. The summed E-state index contributed by atoms with van der Waals surface area (Å²) in [6, 6.07) is 7.04. The minimum atomic E-state index is -0.170. The predicted octanol–water partition coefficient (Wildman–Crippen LogP) is 1.31. The van der Waals surface area contributed by atoms with Crippen molar-refractivity contribution in [1.29, 1.82) is 0 Å². The summed E-state index contributed by atoms with van der Waals surface area (Å²) < 4.78 is 0.925. The first-order chi connectivity index (χ1) is 7.63. The van der Waals surface area contributed by atoms with Crippen LogP contribution in [0.3, 0.4) is 0 Å². The van der Waals surface area contributed by atoms with Gasteiger partial charge in [0.25, 0.3) is 5.91 Å². The normalized spacial score (nSPS) is 9.62. The van der Waals surface area contributed by atoms with E-state index in [0.29, 0.717) is 18.5 Å². The molecular weight excluding hydrogens is 272 g/mol. The van der Waals surface area contributed by atoms with Gasteiger partial charge in [0.05, 0.1) is 0 Å². The molecule has 4 nitrogen and oxygen atoms in total. The molecule has 86 valence electrons. The van der Waals surface area contributed by atoms with Crippen LogP contribution in [0.1, 0.15) is 16.8 Å². The molecule has 0 bridgehead atoms. The van der Waals surface area contributed by atoms with E-state index in [1.165, 1.54) is 0 Å². The molecule has 0 heterocycles. The van der Waals surface area contributed by atoms with Crippen molar-refractivity contribution in [2.24, 2.45) is 0 Å². The van der Waals surface area contributed by atoms with Gasteiger partial charge >= 0.3 is 0 Å². The van der Waals surface area contributed by atoms with Crippen LogP contribution in [0.25, 0.3) is 0 Å². The van der Waals surface area contributed by atoms with E-state index < -0.39 is 0 Å². The summed E-state index contributed by atoms with van der Waals surface area (Å²) in [5.74, 6) is -0.257. The van der Waals surface area contributed by atoms with Crippen molar-refractivity contribution in [2.75, 3.05) is 13.6 Å². The number of rotatable bonds is 4. The van der Waals surface area contributed by atoms with E-state index in [9.17, 15) is 9.59 Å². The molecule has 5 heteroatoms. The smallest absolute Gasteiger partial charge is 0.251 e.